The van der Waals surface area contributed by atoms with Gasteiger partial charge < -0.3 is 10.2 Å². The number of halogens is 1. The number of hydrogen-bond donors (Lipinski definition) is 1. The van der Waals surface area contributed by atoms with Gasteiger partial charge >= 0.3 is 0 Å². The molecule has 1 aliphatic heterocycles. The largest absolute Gasteiger partial charge is 0.350 e. The van der Waals surface area contributed by atoms with Gasteiger partial charge in [-0.3, -0.25) is 9.59 Å². The number of carbonyl (C=O) groups excluding carboxylic acids is 2. The summed E-state index contributed by atoms with van der Waals surface area (Å²) in [5.41, 5.74) is 2.00. The third kappa shape index (κ3) is 4.43. The van der Waals surface area contributed by atoms with Crippen LogP contribution in [0.25, 0.3) is 0 Å². The number of amides is 2. The summed E-state index contributed by atoms with van der Waals surface area (Å²) in [7, 11) is 0. The summed E-state index contributed by atoms with van der Waals surface area (Å²) in [6.45, 7) is 2.70. The van der Waals surface area contributed by atoms with Gasteiger partial charge in [0.25, 0.3) is 0 Å². The van der Waals surface area contributed by atoms with E-state index in [4.69, 9.17) is 0 Å². The summed E-state index contributed by atoms with van der Waals surface area (Å²) in [4.78, 5) is 27.7. The van der Waals surface area contributed by atoms with E-state index in [1.54, 1.807) is 28.8 Å². The molecule has 2 aromatic rings. The SMILES string of the molecule is CCN(CC(=O)NCc1ccc(F)cc1)C(=O)C1Cc2ccccc2S1. The second-order valence-corrected chi connectivity index (χ2v) is 7.42. The molecule has 1 atom stereocenters. The number of likely N-dealkylation sites (N-methyl/N-ethyl adjacent to an activating group) is 1. The Bertz CT molecular complexity index is 770. The molecule has 3 rings (SSSR count). The third-order valence-corrected chi connectivity index (χ3v) is 5.66. The number of fused-ring (bicyclic) bond motifs is 1. The number of nitrogens with zero attached hydrogens (tertiary/aromatic N) is 1. The van der Waals surface area contributed by atoms with Crippen molar-refractivity contribution in [3.05, 3.63) is 65.5 Å². The molecule has 0 bridgehead atoms. The molecule has 1 aliphatic rings. The van der Waals surface area contributed by atoms with Gasteiger partial charge in [-0.15, -0.1) is 11.8 Å². The van der Waals surface area contributed by atoms with Crippen molar-refractivity contribution in [3.63, 3.8) is 0 Å². The topological polar surface area (TPSA) is 49.4 Å². The molecule has 0 aromatic heterocycles. The van der Waals surface area contributed by atoms with Crippen LogP contribution < -0.4 is 5.32 Å². The Hall–Kier alpha value is -2.34. The second-order valence-electron chi connectivity index (χ2n) is 6.17. The smallest absolute Gasteiger partial charge is 0.239 e. The van der Waals surface area contributed by atoms with Crippen LogP contribution in [-0.4, -0.2) is 35.1 Å². The highest BCUT2D eigenvalue weighted by Crippen LogP contribution is 2.37. The summed E-state index contributed by atoms with van der Waals surface area (Å²) in [6, 6.07) is 14.0. The summed E-state index contributed by atoms with van der Waals surface area (Å²) < 4.78 is 12.9. The lowest BCUT2D eigenvalue weighted by Gasteiger charge is -2.23. The first-order valence-corrected chi connectivity index (χ1v) is 9.49. The molecule has 6 heteroatoms. The molecule has 136 valence electrons. The molecule has 26 heavy (non-hydrogen) atoms. The zero-order valence-electron chi connectivity index (χ0n) is 14.6. The molecule has 2 amide bonds. The van der Waals surface area contributed by atoms with E-state index in [0.29, 0.717) is 19.5 Å². The number of nitrogens with one attached hydrogen (secondary N) is 1. The van der Waals surface area contributed by atoms with Crippen LogP contribution in [0, 0.1) is 5.82 Å². The molecule has 0 saturated carbocycles. The summed E-state index contributed by atoms with van der Waals surface area (Å²) >= 11 is 1.57. The van der Waals surface area contributed by atoms with Crippen molar-refractivity contribution in [2.24, 2.45) is 0 Å². The molecule has 0 saturated heterocycles. The maximum atomic E-state index is 12.9. The van der Waals surface area contributed by atoms with Crippen LogP contribution >= 0.6 is 11.8 Å². The van der Waals surface area contributed by atoms with Crippen molar-refractivity contribution >= 4 is 23.6 Å². The van der Waals surface area contributed by atoms with E-state index in [-0.39, 0.29) is 29.4 Å². The van der Waals surface area contributed by atoms with Gasteiger partial charge in [0, 0.05) is 18.0 Å². The van der Waals surface area contributed by atoms with Gasteiger partial charge in [-0.25, -0.2) is 4.39 Å². The predicted molar refractivity (Wildman–Crippen MR) is 100 cm³/mol. The Morgan fingerprint density at radius 1 is 1.19 bits per heavy atom. The van der Waals surface area contributed by atoms with E-state index >= 15 is 0 Å². The molecule has 2 aromatic carbocycles. The lowest BCUT2D eigenvalue weighted by molar-refractivity contribution is -0.135. The van der Waals surface area contributed by atoms with Gasteiger partial charge in [0.05, 0.1) is 11.8 Å². The van der Waals surface area contributed by atoms with E-state index in [2.05, 4.69) is 5.32 Å². The third-order valence-electron chi connectivity index (χ3n) is 4.35. The van der Waals surface area contributed by atoms with Crippen molar-refractivity contribution in [2.75, 3.05) is 13.1 Å². The molecule has 1 N–H and O–H groups in total. The molecule has 0 spiro atoms. The molecule has 1 heterocycles. The first kappa shape index (κ1) is 18.5. The van der Waals surface area contributed by atoms with Crippen LogP contribution in [0.2, 0.25) is 0 Å². The highest BCUT2D eigenvalue weighted by molar-refractivity contribution is 8.01. The van der Waals surface area contributed by atoms with Gasteiger partial charge in [-0.1, -0.05) is 30.3 Å². The fraction of sp³-hybridized carbons (Fsp3) is 0.300. The van der Waals surface area contributed by atoms with Crippen LogP contribution in [0.4, 0.5) is 4.39 Å². The quantitative estimate of drug-likeness (QED) is 0.848. The molecule has 4 nitrogen and oxygen atoms in total. The van der Waals surface area contributed by atoms with Crippen molar-refractivity contribution in [3.8, 4) is 0 Å². The average Bonchev–Trinajstić information content (AvgIpc) is 3.09. The Morgan fingerprint density at radius 3 is 2.62 bits per heavy atom. The maximum absolute atomic E-state index is 12.9. The van der Waals surface area contributed by atoms with Gasteiger partial charge in [-0.2, -0.15) is 0 Å². The molecule has 1 unspecified atom stereocenters. The van der Waals surface area contributed by atoms with Gasteiger partial charge in [0.15, 0.2) is 0 Å². The van der Waals surface area contributed by atoms with Crippen molar-refractivity contribution < 1.29 is 14.0 Å². The number of thioether (sulfide) groups is 1. The molecule has 0 aliphatic carbocycles. The van der Waals surface area contributed by atoms with E-state index < -0.39 is 0 Å². The van der Waals surface area contributed by atoms with E-state index in [1.807, 2.05) is 31.2 Å². The van der Waals surface area contributed by atoms with E-state index in [1.165, 1.54) is 17.7 Å². The van der Waals surface area contributed by atoms with Crippen LogP contribution in [0.3, 0.4) is 0 Å². The summed E-state index contributed by atoms with van der Waals surface area (Å²) in [6.07, 6.45) is 0.702. The number of carbonyl (C=O) groups is 2. The zero-order valence-corrected chi connectivity index (χ0v) is 15.4. The fourth-order valence-electron chi connectivity index (χ4n) is 2.90. The minimum absolute atomic E-state index is 0.00867. The van der Waals surface area contributed by atoms with Gasteiger partial charge in [0.1, 0.15) is 5.82 Å². The number of hydrogen-bond acceptors (Lipinski definition) is 3. The van der Waals surface area contributed by atoms with Gasteiger partial charge in [0.2, 0.25) is 11.8 Å². The zero-order chi connectivity index (χ0) is 18.5. The Balaban J connectivity index is 1.53. The monoisotopic (exact) mass is 372 g/mol. The molecule has 0 radical (unpaired) electrons. The van der Waals surface area contributed by atoms with E-state index in [9.17, 15) is 14.0 Å². The minimum Gasteiger partial charge on any atom is -0.350 e. The molecular formula is C20H21FN2O2S. The predicted octanol–water partition coefficient (Wildman–Crippen LogP) is 3.01. The molecule has 0 fully saturated rings. The lowest BCUT2D eigenvalue weighted by atomic mass is 10.1. The van der Waals surface area contributed by atoms with Crippen LogP contribution in [-0.2, 0) is 22.6 Å². The average molecular weight is 372 g/mol. The highest BCUT2D eigenvalue weighted by atomic mass is 32.2. The van der Waals surface area contributed by atoms with Crippen molar-refractivity contribution in [2.45, 2.75) is 30.0 Å². The highest BCUT2D eigenvalue weighted by Gasteiger charge is 2.31. The summed E-state index contributed by atoms with van der Waals surface area (Å²) in [5.74, 6) is -0.534. The van der Waals surface area contributed by atoms with Crippen LogP contribution in [0.5, 0.6) is 0 Å². The number of rotatable bonds is 6. The Labute approximate surface area is 156 Å². The second kappa shape index (κ2) is 8.36. The fourth-order valence-corrected chi connectivity index (χ4v) is 4.18. The van der Waals surface area contributed by atoms with Crippen LogP contribution in [0.1, 0.15) is 18.1 Å². The minimum atomic E-state index is -0.308. The Morgan fingerprint density at radius 2 is 1.92 bits per heavy atom. The Kier molecular flexibility index (Phi) is 5.93. The van der Waals surface area contributed by atoms with Crippen molar-refractivity contribution in [1.29, 1.82) is 0 Å². The lowest BCUT2D eigenvalue weighted by Crippen LogP contribution is -2.44. The van der Waals surface area contributed by atoms with Crippen molar-refractivity contribution in [1.82, 2.24) is 10.2 Å². The van der Waals surface area contributed by atoms with Gasteiger partial charge in [-0.05, 0) is 42.7 Å². The van der Waals surface area contributed by atoms with E-state index in [0.717, 1.165) is 10.5 Å². The first-order chi connectivity index (χ1) is 12.6. The summed E-state index contributed by atoms with van der Waals surface area (Å²) in [5, 5.41) is 2.61. The standard InChI is InChI=1S/C20H21FN2O2S/c1-2-23(13-19(24)22-12-14-7-9-16(21)10-8-14)20(25)18-11-15-5-3-4-6-17(15)26-18/h3-10,18H,2,11-13H2,1H3,(H,22,24). The maximum Gasteiger partial charge on any atom is 0.239 e. The first-order valence-electron chi connectivity index (χ1n) is 8.61. The van der Waals surface area contributed by atoms with Crippen LogP contribution in [0.15, 0.2) is 53.4 Å². The molecular weight excluding hydrogens is 351 g/mol. The normalized spacial score (nSPS) is 15.4. The number of benzene rings is 2.